The minimum atomic E-state index is -0.502. The topological polar surface area (TPSA) is 101 Å². The Morgan fingerprint density at radius 2 is 2.50 bits per heavy atom. The van der Waals surface area contributed by atoms with Crippen molar-refractivity contribution in [3.05, 3.63) is 12.2 Å². The second-order valence-electron chi connectivity index (χ2n) is 2.90. The molecule has 0 amide bonds. The van der Waals surface area contributed by atoms with Crippen LogP contribution in [0, 0.1) is 0 Å². The molecular formula is C7H9N5O2. The van der Waals surface area contributed by atoms with Crippen LogP contribution in [-0.2, 0) is 6.42 Å². The van der Waals surface area contributed by atoms with E-state index in [1.165, 1.54) is 6.33 Å². The monoisotopic (exact) mass is 195 g/mol. The molecule has 7 nitrogen and oxygen atoms in total. The van der Waals surface area contributed by atoms with Crippen LogP contribution in [-0.4, -0.2) is 36.5 Å². The lowest BCUT2D eigenvalue weighted by atomic mass is 10.3. The smallest absolute Gasteiger partial charge is 0.239 e. The minimum absolute atomic E-state index is 0.334. The predicted molar refractivity (Wildman–Crippen MR) is 45.1 cm³/mol. The van der Waals surface area contributed by atoms with E-state index in [2.05, 4.69) is 25.3 Å². The minimum Gasteiger partial charge on any atom is -0.393 e. The van der Waals surface area contributed by atoms with Crippen molar-refractivity contribution >= 4 is 0 Å². The number of aliphatic hydroxyl groups excluding tert-OH is 1. The fraction of sp³-hybridized carbons (Fsp3) is 0.429. The van der Waals surface area contributed by atoms with Crippen molar-refractivity contribution in [2.45, 2.75) is 19.4 Å². The summed E-state index contributed by atoms with van der Waals surface area (Å²) in [5.74, 6) is 1.18. The molecule has 14 heavy (non-hydrogen) atoms. The Kier molecular flexibility index (Phi) is 2.23. The number of aliphatic hydroxyl groups is 1. The molecule has 2 aromatic heterocycles. The van der Waals surface area contributed by atoms with E-state index in [9.17, 15) is 0 Å². The molecule has 0 aliphatic heterocycles. The molecule has 0 spiro atoms. The van der Waals surface area contributed by atoms with Gasteiger partial charge in [-0.1, -0.05) is 5.16 Å². The Labute approximate surface area is 79.2 Å². The Morgan fingerprint density at radius 1 is 1.64 bits per heavy atom. The molecule has 0 aromatic carbocycles. The molecule has 0 saturated heterocycles. The number of rotatable bonds is 3. The second kappa shape index (κ2) is 3.54. The van der Waals surface area contributed by atoms with Crippen LogP contribution in [0.15, 0.2) is 10.9 Å². The molecule has 74 valence electrons. The summed E-state index contributed by atoms with van der Waals surface area (Å²) in [6.07, 6.45) is 1.19. The van der Waals surface area contributed by atoms with E-state index >= 15 is 0 Å². The number of H-pyrrole nitrogens is 1. The van der Waals surface area contributed by atoms with E-state index in [0.29, 0.717) is 24.0 Å². The molecule has 2 aromatic rings. The third-order valence-electron chi connectivity index (χ3n) is 1.56. The van der Waals surface area contributed by atoms with Gasteiger partial charge in [-0.25, -0.2) is 4.98 Å². The van der Waals surface area contributed by atoms with Gasteiger partial charge in [0.15, 0.2) is 5.82 Å². The molecule has 2 N–H and O–H groups in total. The highest BCUT2D eigenvalue weighted by molar-refractivity contribution is 5.39. The van der Waals surface area contributed by atoms with Crippen LogP contribution in [0.2, 0.25) is 0 Å². The van der Waals surface area contributed by atoms with Crippen molar-refractivity contribution in [3.63, 3.8) is 0 Å². The highest BCUT2D eigenvalue weighted by Crippen LogP contribution is 2.09. The van der Waals surface area contributed by atoms with Crippen molar-refractivity contribution in [2.24, 2.45) is 0 Å². The van der Waals surface area contributed by atoms with Gasteiger partial charge >= 0.3 is 0 Å². The zero-order valence-corrected chi connectivity index (χ0v) is 7.51. The maximum Gasteiger partial charge on any atom is 0.239 e. The van der Waals surface area contributed by atoms with Gasteiger partial charge in [0.05, 0.1) is 12.5 Å². The number of hydrogen-bond donors (Lipinski definition) is 2. The summed E-state index contributed by atoms with van der Waals surface area (Å²) < 4.78 is 4.89. The maximum absolute atomic E-state index is 9.08. The summed E-state index contributed by atoms with van der Waals surface area (Å²) in [4.78, 5) is 7.89. The molecule has 2 heterocycles. The summed E-state index contributed by atoms with van der Waals surface area (Å²) in [6.45, 7) is 1.65. The van der Waals surface area contributed by atoms with Crippen LogP contribution in [0.1, 0.15) is 12.8 Å². The molecular weight excluding hydrogens is 186 g/mol. The highest BCUT2D eigenvalue weighted by Gasteiger charge is 2.11. The Bertz CT molecular complexity index is 394. The van der Waals surface area contributed by atoms with Crippen LogP contribution in [0.4, 0.5) is 0 Å². The van der Waals surface area contributed by atoms with E-state index in [-0.39, 0.29) is 0 Å². The Hall–Kier alpha value is -1.76. The first-order chi connectivity index (χ1) is 6.75. The van der Waals surface area contributed by atoms with Gasteiger partial charge in [-0.2, -0.15) is 10.1 Å². The number of nitrogens with one attached hydrogen (secondary N) is 1. The van der Waals surface area contributed by atoms with E-state index < -0.39 is 6.10 Å². The zero-order chi connectivity index (χ0) is 9.97. The van der Waals surface area contributed by atoms with Crippen molar-refractivity contribution in [1.29, 1.82) is 0 Å². The fourth-order valence-corrected chi connectivity index (χ4v) is 1.000. The van der Waals surface area contributed by atoms with Crippen molar-refractivity contribution in [1.82, 2.24) is 25.3 Å². The molecule has 0 fully saturated rings. The first kappa shape index (κ1) is 8.82. The maximum atomic E-state index is 9.08. The van der Waals surface area contributed by atoms with E-state index in [1.807, 2.05) is 0 Å². The molecule has 1 atom stereocenters. The molecule has 7 heteroatoms. The molecule has 0 aliphatic carbocycles. The standard InChI is InChI=1S/C7H9N5O2/c1-4(13)2-5-10-7(12-14-5)6-8-3-9-11-6/h3-4,13H,2H2,1H3,(H,8,9,11). The summed E-state index contributed by atoms with van der Waals surface area (Å²) >= 11 is 0. The summed E-state index contributed by atoms with van der Waals surface area (Å²) in [5, 5.41) is 19.0. The van der Waals surface area contributed by atoms with Crippen molar-refractivity contribution in [3.8, 4) is 11.6 Å². The normalized spacial score (nSPS) is 13.0. The average molecular weight is 195 g/mol. The van der Waals surface area contributed by atoms with Gasteiger partial charge in [-0.15, -0.1) is 0 Å². The average Bonchev–Trinajstić information content (AvgIpc) is 2.69. The summed E-state index contributed by atoms with van der Waals surface area (Å²) in [6, 6.07) is 0. The first-order valence-electron chi connectivity index (χ1n) is 4.12. The third kappa shape index (κ3) is 1.77. The molecule has 0 aliphatic rings. The van der Waals surface area contributed by atoms with Gasteiger partial charge in [0.25, 0.3) is 0 Å². The Balaban J connectivity index is 2.18. The number of aromatic amines is 1. The summed E-state index contributed by atoms with van der Waals surface area (Å²) in [5.41, 5.74) is 0. The fourth-order valence-electron chi connectivity index (χ4n) is 1.000. The molecule has 2 rings (SSSR count). The van der Waals surface area contributed by atoms with Crippen molar-refractivity contribution in [2.75, 3.05) is 0 Å². The lowest BCUT2D eigenvalue weighted by Gasteiger charge is -1.95. The molecule has 0 saturated carbocycles. The predicted octanol–water partition coefficient (Wildman–Crippen LogP) is -0.222. The van der Waals surface area contributed by atoms with E-state index in [0.717, 1.165) is 0 Å². The van der Waals surface area contributed by atoms with Gasteiger partial charge < -0.3 is 9.63 Å². The van der Waals surface area contributed by atoms with Gasteiger partial charge in [0, 0.05) is 0 Å². The number of nitrogens with zero attached hydrogens (tertiary/aromatic N) is 4. The zero-order valence-electron chi connectivity index (χ0n) is 7.51. The quantitative estimate of drug-likeness (QED) is 0.702. The van der Waals surface area contributed by atoms with E-state index in [4.69, 9.17) is 9.63 Å². The van der Waals surface area contributed by atoms with Gasteiger partial charge in [0.1, 0.15) is 6.33 Å². The van der Waals surface area contributed by atoms with Crippen LogP contribution < -0.4 is 0 Å². The lowest BCUT2D eigenvalue weighted by molar-refractivity contribution is 0.181. The lowest BCUT2D eigenvalue weighted by Crippen LogP contribution is -2.04. The molecule has 0 bridgehead atoms. The SMILES string of the molecule is CC(O)Cc1nc(-c2ncn[nH]2)no1. The first-order valence-corrected chi connectivity index (χ1v) is 4.12. The Morgan fingerprint density at radius 3 is 3.14 bits per heavy atom. The van der Waals surface area contributed by atoms with Crippen molar-refractivity contribution < 1.29 is 9.63 Å². The number of hydrogen-bond acceptors (Lipinski definition) is 6. The third-order valence-corrected chi connectivity index (χ3v) is 1.56. The van der Waals surface area contributed by atoms with Gasteiger partial charge in [-0.3, -0.25) is 5.10 Å². The highest BCUT2D eigenvalue weighted by atomic mass is 16.5. The summed E-state index contributed by atoms with van der Waals surface area (Å²) in [7, 11) is 0. The van der Waals surface area contributed by atoms with E-state index in [1.54, 1.807) is 6.92 Å². The largest absolute Gasteiger partial charge is 0.393 e. The van der Waals surface area contributed by atoms with Crippen LogP contribution in [0.25, 0.3) is 11.6 Å². The molecule has 0 radical (unpaired) electrons. The van der Waals surface area contributed by atoms with Crippen LogP contribution in [0.5, 0.6) is 0 Å². The van der Waals surface area contributed by atoms with Crippen LogP contribution in [0.3, 0.4) is 0 Å². The second-order valence-corrected chi connectivity index (χ2v) is 2.90. The number of aromatic nitrogens is 5. The van der Waals surface area contributed by atoms with Gasteiger partial charge in [-0.05, 0) is 6.92 Å². The molecule has 1 unspecified atom stereocenters. The van der Waals surface area contributed by atoms with Crippen LogP contribution >= 0.6 is 0 Å². The van der Waals surface area contributed by atoms with Gasteiger partial charge in [0.2, 0.25) is 11.7 Å².